The molecule has 1 aliphatic rings. The Kier molecular flexibility index (Phi) is 9.93. The van der Waals surface area contributed by atoms with E-state index in [1.807, 2.05) is 54.4 Å². The number of ether oxygens (including phenoxy) is 1. The number of rotatable bonds is 8. The molecule has 1 fully saturated rings. The molecule has 1 aliphatic heterocycles. The SMILES string of the molecule is CN=C(NCc1ccccc1CN1CCCC1=O)N(C)CCOc1ccccc1.I. The summed E-state index contributed by atoms with van der Waals surface area (Å²) in [4.78, 5) is 20.3. The van der Waals surface area contributed by atoms with Gasteiger partial charge in [0.1, 0.15) is 12.4 Å². The van der Waals surface area contributed by atoms with Crippen molar-refractivity contribution in [1.29, 1.82) is 0 Å². The number of carbonyl (C=O) groups is 1. The number of hydrogen-bond acceptors (Lipinski definition) is 3. The molecular weight excluding hydrogens is 491 g/mol. The molecule has 6 nitrogen and oxygen atoms in total. The smallest absolute Gasteiger partial charge is 0.222 e. The summed E-state index contributed by atoms with van der Waals surface area (Å²) in [5.74, 6) is 1.93. The Labute approximate surface area is 196 Å². The van der Waals surface area contributed by atoms with E-state index in [1.54, 1.807) is 7.05 Å². The van der Waals surface area contributed by atoms with E-state index in [0.29, 0.717) is 26.1 Å². The molecule has 0 atom stereocenters. The zero-order valence-corrected chi connectivity index (χ0v) is 20.0. The van der Waals surface area contributed by atoms with Gasteiger partial charge in [0, 0.05) is 40.2 Å². The highest BCUT2D eigenvalue weighted by molar-refractivity contribution is 14.0. The summed E-state index contributed by atoms with van der Waals surface area (Å²) >= 11 is 0. The lowest BCUT2D eigenvalue weighted by atomic mass is 10.1. The van der Waals surface area contributed by atoms with Crippen molar-refractivity contribution >= 4 is 35.8 Å². The van der Waals surface area contributed by atoms with Crippen molar-refractivity contribution in [3.8, 4) is 5.75 Å². The van der Waals surface area contributed by atoms with Crippen LogP contribution in [-0.4, -0.2) is 55.5 Å². The second-order valence-electron chi connectivity index (χ2n) is 7.17. The number of amides is 1. The van der Waals surface area contributed by atoms with E-state index in [-0.39, 0.29) is 29.9 Å². The summed E-state index contributed by atoms with van der Waals surface area (Å²) in [5.41, 5.74) is 2.36. The minimum atomic E-state index is 0. The number of guanidine groups is 1. The van der Waals surface area contributed by atoms with Crippen LogP contribution in [0.2, 0.25) is 0 Å². The zero-order chi connectivity index (χ0) is 20.5. The summed E-state index contributed by atoms with van der Waals surface area (Å²) in [6, 6.07) is 18.1. The number of nitrogens with zero attached hydrogens (tertiary/aromatic N) is 3. The van der Waals surface area contributed by atoms with Crippen LogP contribution in [0.3, 0.4) is 0 Å². The number of carbonyl (C=O) groups excluding carboxylic acids is 1. The molecule has 1 amide bonds. The maximum atomic E-state index is 12.0. The first-order valence-electron chi connectivity index (χ1n) is 10.1. The Morgan fingerprint density at radius 2 is 1.83 bits per heavy atom. The average molecular weight is 522 g/mol. The van der Waals surface area contributed by atoms with Gasteiger partial charge in [-0.3, -0.25) is 9.79 Å². The molecule has 7 heteroatoms. The molecule has 1 heterocycles. The Bertz CT molecular complexity index is 829. The number of halogens is 1. The Hall–Kier alpha value is -2.29. The number of likely N-dealkylation sites (tertiary alicyclic amines) is 1. The van der Waals surface area contributed by atoms with Crippen molar-refractivity contribution < 1.29 is 9.53 Å². The highest BCUT2D eigenvalue weighted by Gasteiger charge is 2.21. The molecule has 0 unspecified atom stereocenters. The minimum absolute atomic E-state index is 0. The van der Waals surface area contributed by atoms with Crippen LogP contribution in [0.5, 0.6) is 5.75 Å². The first-order valence-corrected chi connectivity index (χ1v) is 10.1. The van der Waals surface area contributed by atoms with Crippen LogP contribution in [0.25, 0.3) is 0 Å². The van der Waals surface area contributed by atoms with Gasteiger partial charge in [0.2, 0.25) is 5.91 Å². The third kappa shape index (κ3) is 6.90. The van der Waals surface area contributed by atoms with E-state index in [9.17, 15) is 4.79 Å². The first-order chi connectivity index (χ1) is 14.2. The van der Waals surface area contributed by atoms with Crippen molar-refractivity contribution in [1.82, 2.24) is 15.1 Å². The van der Waals surface area contributed by atoms with Gasteiger partial charge in [0.25, 0.3) is 0 Å². The monoisotopic (exact) mass is 522 g/mol. The lowest BCUT2D eigenvalue weighted by Crippen LogP contribution is -2.40. The fraction of sp³-hybridized carbons (Fsp3) is 0.391. The van der Waals surface area contributed by atoms with Crippen molar-refractivity contribution in [2.24, 2.45) is 4.99 Å². The predicted molar refractivity (Wildman–Crippen MR) is 131 cm³/mol. The van der Waals surface area contributed by atoms with Gasteiger partial charge in [-0.25, -0.2) is 0 Å². The molecule has 3 rings (SSSR count). The van der Waals surface area contributed by atoms with Gasteiger partial charge in [-0.05, 0) is 29.7 Å². The van der Waals surface area contributed by atoms with Crippen molar-refractivity contribution in [2.75, 3.05) is 33.8 Å². The summed E-state index contributed by atoms with van der Waals surface area (Å²) in [5, 5.41) is 3.43. The minimum Gasteiger partial charge on any atom is -0.492 e. The Morgan fingerprint density at radius 1 is 1.13 bits per heavy atom. The van der Waals surface area contributed by atoms with Gasteiger partial charge in [0.15, 0.2) is 5.96 Å². The number of aliphatic imine (C=N–C) groups is 1. The fourth-order valence-corrected chi connectivity index (χ4v) is 3.44. The highest BCUT2D eigenvalue weighted by Crippen LogP contribution is 2.17. The molecule has 2 aromatic carbocycles. The molecule has 0 bridgehead atoms. The molecule has 0 spiro atoms. The number of para-hydroxylation sites is 1. The lowest BCUT2D eigenvalue weighted by molar-refractivity contribution is -0.128. The summed E-state index contributed by atoms with van der Waals surface area (Å²) in [6.45, 7) is 3.49. The van der Waals surface area contributed by atoms with Gasteiger partial charge >= 0.3 is 0 Å². The van der Waals surface area contributed by atoms with E-state index >= 15 is 0 Å². The van der Waals surface area contributed by atoms with Crippen LogP contribution in [0.4, 0.5) is 0 Å². The molecule has 1 N–H and O–H groups in total. The van der Waals surface area contributed by atoms with Gasteiger partial charge in [-0.1, -0.05) is 42.5 Å². The van der Waals surface area contributed by atoms with E-state index < -0.39 is 0 Å². The maximum absolute atomic E-state index is 12.0. The number of hydrogen-bond donors (Lipinski definition) is 1. The standard InChI is InChI=1S/C23H30N4O2.HI/c1-24-23(26(2)15-16-29-21-11-4-3-5-12-21)25-17-19-9-6-7-10-20(19)18-27-14-8-13-22(27)28;/h3-7,9-12H,8,13-18H2,1-2H3,(H,24,25);1H. The topological polar surface area (TPSA) is 57.2 Å². The second kappa shape index (κ2) is 12.4. The van der Waals surface area contributed by atoms with Gasteiger partial charge in [-0.2, -0.15) is 0 Å². The molecule has 0 aromatic heterocycles. The highest BCUT2D eigenvalue weighted by atomic mass is 127. The molecule has 30 heavy (non-hydrogen) atoms. The molecule has 1 saturated heterocycles. The van der Waals surface area contributed by atoms with Crippen molar-refractivity contribution in [3.05, 3.63) is 65.7 Å². The van der Waals surface area contributed by atoms with Crippen molar-refractivity contribution in [3.63, 3.8) is 0 Å². The molecule has 0 aliphatic carbocycles. The summed E-state index contributed by atoms with van der Waals surface area (Å²) < 4.78 is 5.78. The number of nitrogens with one attached hydrogen (secondary N) is 1. The third-order valence-corrected chi connectivity index (χ3v) is 5.10. The molecule has 2 aromatic rings. The van der Waals surface area contributed by atoms with Crippen LogP contribution >= 0.6 is 24.0 Å². The van der Waals surface area contributed by atoms with E-state index in [4.69, 9.17) is 4.74 Å². The Balaban J connectivity index is 0.00000320. The maximum Gasteiger partial charge on any atom is 0.222 e. The largest absolute Gasteiger partial charge is 0.492 e. The van der Waals surface area contributed by atoms with E-state index in [1.165, 1.54) is 11.1 Å². The van der Waals surface area contributed by atoms with Gasteiger partial charge in [0.05, 0.1) is 6.54 Å². The molecule has 0 saturated carbocycles. The molecule has 0 radical (unpaired) electrons. The van der Waals surface area contributed by atoms with Crippen LogP contribution in [0.15, 0.2) is 59.6 Å². The van der Waals surface area contributed by atoms with Crippen LogP contribution < -0.4 is 10.1 Å². The van der Waals surface area contributed by atoms with E-state index in [2.05, 4.69) is 27.3 Å². The molecular formula is C23H31IN4O2. The van der Waals surface area contributed by atoms with Crippen LogP contribution in [0, 0.1) is 0 Å². The van der Waals surface area contributed by atoms with Gasteiger partial charge < -0.3 is 19.9 Å². The van der Waals surface area contributed by atoms with Crippen LogP contribution in [-0.2, 0) is 17.9 Å². The first kappa shape index (κ1) is 24.0. The normalized spacial score (nSPS) is 13.7. The quantitative estimate of drug-likeness (QED) is 0.328. The summed E-state index contributed by atoms with van der Waals surface area (Å²) in [7, 11) is 3.78. The zero-order valence-electron chi connectivity index (χ0n) is 17.7. The van der Waals surface area contributed by atoms with Gasteiger partial charge in [-0.15, -0.1) is 24.0 Å². The summed E-state index contributed by atoms with van der Waals surface area (Å²) in [6.07, 6.45) is 1.63. The van der Waals surface area contributed by atoms with Crippen LogP contribution in [0.1, 0.15) is 24.0 Å². The second-order valence-corrected chi connectivity index (χ2v) is 7.17. The third-order valence-electron chi connectivity index (χ3n) is 5.10. The Morgan fingerprint density at radius 3 is 2.50 bits per heavy atom. The predicted octanol–water partition coefficient (Wildman–Crippen LogP) is 3.51. The average Bonchev–Trinajstić information content (AvgIpc) is 3.15. The molecule has 162 valence electrons. The number of benzene rings is 2. The number of likely N-dealkylation sites (N-methyl/N-ethyl adjacent to an activating group) is 1. The van der Waals surface area contributed by atoms with Crippen molar-refractivity contribution in [2.45, 2.75) is 25.9 Å². The fourth-order valence-electron chi connectivity index (χ4n) is 3.44. The van der Waals surface area contributed by atoms with E-state index in [0.717, 1.165) is 31.2 Å². The lowest BCUT2D eigenvalue weighted by Gasteiger charge is -2.23.